The van der Waals surface area contributed by atoms with E-state index < -0.39 is 6.10 Å². The van der Waals surface area contributed by atoms with E-state index in [1.807, 2.05) is 26.0 Å². The van der Waals surface area contributed by atoms with Crippen molar-refractivity contribution in [1.82, 2.24) is 0 Å². The molecule has 0 heterocycles. The summed E-state index contributed by atoms with van der Waals surface area (Å²) in [5.74, 6) is 0.626. The van der Waals surface area contributed by atoms with E-state index in [4.69, 9.17) is 0 Å². The highest BCUT2D eigenvalue weighted by Gasteiger charge is 2.25. The van der Waals surface area contributed by atoms with Crippen molar-refractivity contribution in [1.29, 1.82) is 0 Å². The number of hydrogen-bond acceptors (Lipinski definition) is 2. The summed E-state index contributed by atoms with van der Waals surface area (Å²) in [4.78, 5) is 12.2. The Morgan fingerprint density at radius 3 is 2.21 bits per heavy atom. The van der Waals surface area contributed by atoms with Gasteiger partial charge in [-0.3, -0.25) is 4.79 Å². The highest BCUT2D eigenvalue weighted by molar-refractivity contribution is 5.99. The van der Waals surface area contributed by atoms with Gasteiger partial charge in [0.1, 0.15) is 6.10 Å². The van der Waals surface area contributed by atoms with Gasteiger partial charge in [-0.05, 0) is 30.2 Å². The van der Waals surface area contributed by atoms with E-state index in [9.17, 15) is 9.90 Å². The van der Waals surface area contributed by atoms with Crippen molar-refractivity contribution in [3.8, 4) is 0 Å². The highest BCUT2D eigenvalue weighted by atomic mass is 16.3. The van der Waals surface area contributed by atoms with Gasteiger partial charge in [-0.25, -0.2) is 0 Å². The van der Waals surface area contributed by atoms with E-state index in [2.05, 4.69) is 12.1 Å². The van der Waals surface area contributed by atoms with Gasteiger partial charge >= 0.3 is 0 Å². The van der Waals surface area contributed by atoms with Gasteiger partial charge in [-0.15, -0.1) is 0 Å². The van der Waals surface area contributed by atoms with Crippen LogP contribution in [0.25, 0.3) is 0 Å². The predicted molar refractivity (Wildman–Crippen MR) is 77.4 cm³/mol. The molecular formula is C17H24O2. The molecule has 1 aromatic rings. The largest absolute Gasteiger partial charge is 0.385 e. The summed E-state index contributed by atoms with van der Waals surface area (Å²) < 4.78 is 0. The summed E-state index contributed by atoms with van der Waals surface area (Å²) in [6.45, 7) is 4.04. The molecule has 104 valence electrons. The highest BCUT2D eigenvalue weighted by Crippen LogP contribution is 2.36. The third-order valence-corrected chi connectivity index (χ3v) is 4.54. The maximum atomic E-state index is 12.2. The molecule has 0 bridgehead atoms. The van der Waals surface area contributed by atoms with Gasteiger partial charge < -0.3 is 5.11 Å². The second-order valence-corrected chi connectivity index (χ2v) is 5.64. The number of aliphatic hydroxyl groups excluding tert-OH is 1. The quantitative estimate of drug-likeness (QED) is 0.787. The van der Waals surface area contributed by atoms with Crippen LogP contribution >= 0.6 is 0 Å². The smallest absolute Gasteiger partial charge is 0.191 e. The minimum atomic E-state index is -0.857. The molecule has 2 rings (SSSR count). The molecule has 0 radical (unpaired) electrons. The van der Waals surface area contributed by atoms with E-state index in [0.717, 1.165) is 12.8 Å². The standard InChI is InChI=1S/C17H24O2/c1-3-12(4-2)16(18)17(19)15-10-8-14(9-11-15)13-6-5-7-13/h8-13,16,18H,3-7H2,1-2H3. The summed E-state index contributed by atoms with van der Waals surface area (Å²) in [7, 11) is 0. The van der Waals surface area contributed by atoms with Gasteiger partial charge in [0.05, 0.1) is 0 Å². The molecule has 0 aliphatic heterocycles. The Bertz CT molecular complexity index is 413. The van der Waals surface area contributed by atoms with Crippen LogP contribution in [0.4, 0.5) is 0 Å². The van der Waals surface area contributed by atoms with Gasteiger partial charge in [0.15, 0.2) is 5.78 Å². The average Bonchev–Trinajstić information content (AvgIpc) is 2.38. The minimum Gasteiger partial charge on any atom is -0.385 e. The number of hydrogen-bond donors (Lipinski definition) is 1. The van der Waals surface area contributed by atoms with Crippen molar-refractivity contribution >= 4 is 5.78 Å². The van der Waals surface area contributed by atoms with E-state index in [0.29, 0.717) is 11.5 Å². The Morgan fingerprint density at radius 2 is 1.79 bits per heavy atom. The lowest BCUT2D eigenvalue weighted by molar-refractivity contribution is 0.0588. The molecule has 1 unspecified atom stereocenters. The Morgan fingerprint density at radius 1 is 1.21 bits per heavy atom. The van der Waals surface area contributed by atoms with Crippen LogP contribution < -0.4 is 0 Å². The van der Waals surface area contributed by atoms with Crippen LogP contribution in [0.5, 0.6) is 0 Å². The van der Waals surface area contributed by atoms with Crippen molar-refractivity contribution in [3.63, 3.8) is 0 Å². The summed E-state index contributed by atoms with van der Waals surface area (Å²) in [6.07, 6.45) is 4.67. The number of benzene rings is 1. The van der Waals surface area contributed by atoms with Gasteiger partial charge in [0.2, 0.25) is 0 Å². The molecule has 1 aliphatic rings. The predicted octanol–water partition coefficient (Wildman–Crippen LogP) is 3.93. The molecule has 2 heteroatoms. The van der Waals surface area contributed by atoms with Crippen LogP contribution in [0.2, 0.25) is 0 Å². The van der Waals surface area contributed by atoms with Gasteiger partial charge in [-0.1, -0.05) is 57.4 Å². The summed E-state index contributed by atoms with van der Waals surface area (Å²) in [5.41, 5.74) is 1.97. The fraction of sp³-hybridized carbons (Fsp3) is 0.588. The lowest BCUT2D eigenvalue weighted by Gasteiger charge is -2.26. The van der Waals surface area contributed by atoms with Crippen LogP contribution in [0.3, 0.4) is 0 Å². The number of ketones is 1. The Kier molecular flexibility index (Phi) is 4.76. The molecular weight excluding hydrogens is 236 g/mol. The van der Waals surface area contributed by atoms with E-state index in [1.54, 1.807) is 0 Å². The summed E-state index contributed by atoms with van der Waals surface area (Å²) in [5, 5.41) is 10.1. The third kappa shape index (κ3) is 3.06. The van der Waals surface area contributed by atoms with Gasteiger partial charge in [0, 0.05) is 5.56 Å². The van der Waals surface area contributed by atoms with Crippen molar-refractivity contribution in [2.45, 2.75) is 58.0 Å². The zero-order chi connectivity index (χ0) is 13.8. The zero-order valence-electron chi connectivity index (χ0n) is 11.9. The van der Waals surface area contributed by atoms with E-state index >= 15 is 0 Å². The second kappa shape index (κ2) is 6.33. The first-order chi connectivity index (χ1) is 9.17. The summed E-state index contributed by atoms with van der Waals surface area (Å²) in [6, 6.07) is 7.86. The second-order valence-electron chi connectivity index (χ2n) is 5.64. The molecule has 19 heavy (non-hydrogen) atoms. The lowest BCUT2D eigenvalue weighted by Crippen LogP contribution is -2.29. The van der Waals surface area contributed by atoms with Crippen LogP contribution in [-0.4, -0.2) is 17.0 Å². The van der Waals surface area contributed by atoms with Gasteiger partial charge in [-0.2, -0.15) is 0 Å². The van der Waals surface area contributed by atoms with E-state index in [-0.39, 0.29) is 11.7 Å². The average molecular weight is 260 g/mol. The first kappa shape index (κ1) is 14.3. The molecule has 0 aromatic heterocycles. The number of carbonyl (C=O) groups is 1. The molecule has 1 atom stereocenters. The fourth-order valence-electron chi connectivity index (χ4n) is 2.78. The SMILES string of the molecule is CCC(CC)C(O)C(=O)c1ccc(C2CCC2)cc1. The first-order valence-corrected chi connectivity index (χ1v) is 7.49. The maximum absolute atomic E-state index is 12.2. The van der Waals surface area contributed by atoms with Crippen LogP contribution in [0, 0.1) is 5.92 Å². The molecule has 0 spiro atoms. The molecule has 1 N–H and O–H groups in total. The normalized spacial score (nSPS) is 17.3. The molecule has 1 aliphatic carbocycles. The monoisotopic (exact) mass is 260 g/mol. The van der Waals surface area contributed by atoms with Crippen molar-refractivity contribution < 1.29 is 9.90 Å². The Hall–Kier alpha value is -1.15. The fourth-order valence-corrected chi connectivity index (χ4v) is 2.78. The summed E-state index contributed by atoms with van der Waals surface area (Å²) >= 11 is 0. The number of aliphatic hydroxyl groups is 1. The maximum Gasteiger partial charge on any atom is 0.191 e. The van der Waals surface area contributed by atoms with Crippen molar-refractivity contribution in [3.05, 3.63) is 35.4 Å². The number of rotatable bonds is 6. The van der Waals surface area contributed by atoms with Crippen LogP contribution in [-0.2, 0) is 0 Å². The topological polar surface area (TPSA) is 37.3 Å². The first-order valence-electron chi connectivity index (χ1n) is 7.49. The lowest BCUT2D eigenvalue weighted by atomic mass is 9.79. The Balaban J connectivity index is 2.06. The van der Waals surface area contributed by atoms with E-state index in [1.165, 1.54) is 24.8 Å². The molecule has 0 saturated heterocycles. The van der Waals surface area contributed by atoms with Crippen molar-refractivity contribution in [2.24, 2.45) is 5.92 Å². The minimum absolute atomic E-state index is 0.0683. The molecule has 2 nitrogen and oxygen atoms in total. The van der Waals surface area contributed by atoms with Crippen LogP contribution in [0.1, 0.15) is 67.8 Å². The zero-order valence-corrected chi connectivity index (χ0v) is 11.9. The third-order valence-electron chi connectivity index (χ3n) is 4.54. The van der Waals surface area contributed by atoms with Crippen molar-refractivity contribution in [2.75, 3.05) is 0 Å². The number of Topliss-reactive ketones (excluding diaryl/α,β-unsaturated/α-hetero) is 1. The molecule has 1 fully saturated rings. The number of carbonyl (C=O) groups excluding carboxylic acids is 1. The molecule has 0 amide bonds. The molecule has 1 saturated carbocycles. The van der Waals surface area contributed by atoms with Crippen LogP contribution in [0.15, 0.2) is 24.3 Å². The Labute approximate surface area is 115 Å². The van der Waals surface area contributed by atoms with Gasteiger partial charge in [0.25, 0.3) is 0 Å². The molecule has 1 aromatic carbocycles.